The second kappa shape index (κ2) is 4.53. The maximum absolute atomic E-state index is 5.46. The first kappa shape index (κ1) is 11.0. The van der Waals surface area contributed by atoms with Crippen molar-refractivity contribution >= 4 is 0 Å². The molecule has 0 aliphatic carbocycles. The third-order valence-corrected chi connectivity index (χ3v) is 2.78. The van der Waals surface area contributed by atoms with Crippen LogP contribution in [0.2, 0.25) is 0 Å². The SMILES string of the molecule is CCn1ncc(-c2ccoc2CNC)c1C. The second-order valence-electron chi connectivity index (χ2n) is 3.75. The Morgan fingerprint density at radius 1 is 1.44 bits per heavy atom. The van der Waals surface area contributed by atoms with Crippen molar-refractivity contribution in [1.82, 2.24) is 15.1 Å². The van der Waals surface area contributed by atoms with Crippen LogP contribution < -0.4 is 5.32 Å². The number of rotatable bonds is 4. The van der Waals surface area contributed by atoms with E-state index in [1.165, 1.54) is 5.69 Å². The Morgan fingerprint density at radius 2 is 2.25 bits per heavy atom. The molecule has 0 fully saturated rings. The summed E-state index contributed by atoms with van der Waals surface area (Å²) in [6.45, 7) is 5.81. The zero-order valence-corrected chi connectivity index (χ0v) is 9.95. The van der Waals surface area contributed by atoms with Gasteiger partial charge in [0.2, 0.25) is 0 Å². The summed E-state index contributed by atoms with van der Waals surface area (Å²) in [6.07, 6.45) is 3.63. The Morgan fingerprint density at radius 3 is 2.88 bits per heavy atom. The fourth-order valence-corrected chi connectivity index (χ4v) is 1.91. The third kappa shape index (κ3) is 1.76. The van der Waals surface area contributed by atoms with Crippen molar-refractivity contribution < 1.29 is 4.42 Å². The van der Waals surface area contributed by atoms with Crippen LogP contribution in [0.5, 0.6) is 0 Å². The number of aromatic nitrogens is 2. The molecule has 0 aliphatic heterocycles. The standard InChI is InChI=1S/C12H17N3O/c1-4-15-9(2)11(7-14-15)10-5-6-16-12(10)8-13-3/h5-7,13H,4,8H2,1-3H3. The van der Waals surface area contributed by atoms with Crippen LogP contribution >= 0.6 is 0 Å². The normalized spacial score (nSPS) is 10.9. The van der Waals surface area contributed by atoms with E-state index in [1.54, 1.807) is 6.26 Å². The number of nitrogens with zero attached hydrogens (tertiary/aromatic N) is 2. The summed E-state index contributed by atoms with van der Waals surface area (Å²) >= 11 is 0. The summed E-state index contributed by atoms with van der Waals surface area (Å²) in [4.78, 5) is 0. The van der Waals surface area contributed by atoms with Crippen molar-refractivity contribution in [3.63, 3.8) is 0 Å². The third-order valence-electron chi connectivity index (χ3n) is 2.78. The van der Waals surface area contributed by atoms with Crippen molar-refractivity contribution in [2.75, 3.05) is 7.05 Å². The van der Waals surface area contributed by atoms with Crippen LogP contribution in [0.3, 0.4) is 0 Å². The van der Waals surface area contributed by atoms with E-state index in [9.17, 15) is 0 Å². The van der Waals surface area contributed by atoms with Crippen LogP contribution in [0.4, 0.5) is 0 Å². The highest BCUT2D eigenvalue weighted by Gasteiger charge is 2.13. The van der Waals surface area contributed by atoms with E-state index in [2.05, 4.69) is 24.3 Å². The van der Waals surface area contributed by atoms with Gasteiger partial charge in [0.05, 0.1) is 19.0 Å². The van der Waals surface area contributed by atoms with E-state index in [0.717, 1.165) is 30.0 Å². The van der Waals surface area contributed by atoms with E-state index in [-0.39, 0.29) is 0 Å². The highest BCUT2D eigenvalue weighted by molar-refractivity contribution is 5.67. The molecular formula is C12H17N3O. The van der Waals surface area contributed by atoms with E-state index in [0.29, 0.717) is 0 Å². The van der Waals surface area contributed by atoms with Crippen molar-refractivity contribution in [2.45, 2.75) is 26.9 Å². The molecule has 0 saturated carbocycles. The summed E-state index contributed by atoms with van der Waals surface area (Å²) in [5, 5.41) is 7.45. The lowest BCUT2D eigenvalue weighted by Gasteiger charge is -2.03. The largest absolute Gasteiger partial charge is 0.467 e. The summed E-state index contributed by atoms with van der Waals surface area (Å²) in [5.41, 5.74) is 3.47. The molecule has 1 N–H and O–H groups in total. The minimum absolute atomic E-state index is 0.735. The van der Waals surface area contributed by atoms with Gasteiger partial charge in [-0.25, -0.2) is 0 Å². The molecule has 4 heteroatoms. The van der Waals surface area contributed by atoms with E-state index >= 15 is 0 Å². The Kier molecular flexibility index (Phi) is 3.10. The van der Waals surface area contributed by atoms with E-state index in [4.69, 9.17) is 4.42 Å². The lowest BCUT2D eigenvalue weighted by molar-refractivity contribution is 0.496. The van der Waals surface area contributed by atoms with Gasteiger partial charge in [-0.05, 0) is 27.0 Å². The second-order valence-corrected chi connectivity index (χ2v) is 3.75. The average Bonchev–Trinajstić information content (AvgIpc) is 2.85. The van der Waals surface area contributed by atoms with Gasteiger partial charge in [0.15, 0.2) is 0 Å². The fraction of sp³-hybridized carbons (Fsp3) is 0.417. The smallest absolute Gasteiger partial charge is 0.125 e. The Balaban J connectivity index is 2.42. The molecule has 0 aromatic carbocycles. The Bertz CT molecular complexity index is 470. The molecule has 0 atom stereocenters. The molecule has 0 bridgehead atoms. The zero-order valence-electron chi connectivity index (χ0n) is 9.95. The van der Waals surface area contributed by atoms with Gasteiger partial charge in [0.25, 0.3) is 0 Å². The number of hydrogen-bond donors (Lipinski definition) is 1. The monoisotopic (exact) mass is 219 g/mol. The number of aryl methyl sites for hydroxylation is 1. The number of nitrogens with one attached hydrogen (secondary N) is 1. The molecule has 0 spiro atoms. The molecule has 2 aromatic rings. The van der Waals surface area contributed by atoms with Crippen LogP contribution in [-0.2, 0) is 13.1 Å². The van der Waals surface area contributed by atoms with Crippen LogP contribution in [0.25, 0.3) is 11.1 Å². The first-order valence-electron chi connectivity index (χ1n) is 5.51. The molecule has 16 heavy (non-hydrogen) atoms. The molecule has 4 nitrogen and oxygen atoms in total. The zero-order chi connectivity index (χ0) is 11.5. The average molecular weight is 219 g/mol. The molecule has 86 valence electrons. The molecule has 0 saturated heterocycles. The van der Waals surface area contributed by atoms with Crippen molar-refractivity contribution in [1.29, 1.82) is 0 Å². The van der Waals surface area contributed by atoms with Gasteiger partial charge in [0.1, 0.15) is 5.76 Å². The first-order chi connectivity index (χ1) is 7.77. The molecule has 2 heterocycles. The summed E-state index contributed by atoms with van der Waals surface area (Å²) in [5.74, 6) is 0.959. The summed E-state index contributed by atoms with van der Waals surface area (Å²) in [7, 11) is 1.91. The lowest BCUT2D eigenvalue weighted by atomic mass is 10.1. The Labute approximate surface area is 95.3 Å². The lowest BCUT2D eigenvalue weighted by Crippen LogP contribution is -2.05. The van der Waals surface area contributed by atoms with E-state index < -0.39 is 0 Å². The van der Waals surface area contributed by atoms with Crippen LogP contribution in [0.1, 0.15) is 18.4 Å². The number of hydrogen-bond acceptors (Lipinski definition) is 3. The topological polar surface area (TPSA) is 43.0 Å². The van der Waals surface area contributed by atoms with Crippen molar-refractivity contribution in [3.8, 4) is 11.1 Å². The van der Waals surface area contributed by atoms with Gasteiger partial charge < -0.3 is 9.73 Å². The summed E-state index contributed by atoms with van der Waals surface area (Å²) in [6, 6.07) is 2.00. The minimum Gasteiger partial charge on any atom is -0.467 e. The predicted octanol–water partition coefficient (Wildman–Crippen LogP) is 2.19. The van der Waals surface area contributed by atoms with Gasteiger partial charge in [0, 0.05) is 23.4 Å². The van der Waals surface area contributed by atoms with Crippen LogP contribution in [0.15, 0.2) is 22.9 Å². The van der Waals surface area contributed by atoms with Crippen molar-refractivity contribution in [3.05, 3.63) is 30.0 Å². The fourth-order valence-electron chi connectivity index (χ4n) is 1.91. The quantitative estimate of drug-likeness (QED) is 0.857. The molecule has 0 amide bonds. The molecule has 2 rings (SSSR count). The predicted molar refractivity (Wildman–Crippen MR) is 63.1 cm³/mol. The highest BCUT2D eigenvalue weighted by Crippen LogP contribution is 2.27. The number of furan rings is 1. The Hall–Kier alpha value is -1.55. The highest BCUT2D eigenvalue weighted by atomic mass is 16.3. The van der Waals surface area contributed by atoms with Gasteiger partial charge in [-0.1, -0.05) is 0 Å². The van der Waals surface area contributed by atoms with Crippen molar-refractivity contribution in [2.24, 2.45) is 0 Å². The molecular weight excluding hydrogens is 202 g/mol. The van der Waals surface area contributed by atoms with Crippen LogP contribution in [0, 0.1) is 6.92 Å². The molecule has 2 aromatic heterocycles. The van der Waals surface area contributed by atoms with Gasteiger partial charge in [-0.2, -0.15) is 5.10 Å². The maximum atomic E-state index is 5.46. The first-order valence-corrected chi connectivity index (χ1v) is 5.51. The van der Waals surface area contributed by atoms with Crippen LogP contribution in [-0.4, -0.2) is 16.8 Å². The maximum Gasteiger partial charge on any atom is 0.125 e. The molecule has 0 aliphatic rings. The van der Waals surface area contributed by atoms with Gasteiger partial charge >= 0.3 is 0 Å². The van der Waals surface area contributed by atoms with Gasteiger partial charge in [-0.15, -0.1) is 0 Å². The minimum atomic E-state index is 0.735. The molecule has 0 radical (unpaired) electrons. The molecule has 0 unspecified atom stereocenters. The summed E-state index contributed by atoms with van der Waals surface area (Å²) < 4.78 is 7.45. The van der Waals surface area contributed by atoms with Gasteiger partial charge in [-0.3, -0.25) is 4.68 Å². The van der Waals surface area contributed by atoms with E-state index in [1.807, 2.05) is 24.0 Å².